The summed E-state index contributed by atoms with van der Waals surface area (Å²) in [5, 5.41) is 11.2. The summed E-state index contributed by atoms with van der Waals surface area (Å²) in [6.07, 6.45) is 0.876. The highest BCUT2D eigenvalue weighted by Crippen LogP contribution is 2.40. The van der Waals surface area contributed by atoms with E-state index in [1.54, 1.807) is 30.3 Å². The van der Waals surface area contributed by atoms with Crippen molar-refractivity contribution in [3.8, 4) is 11.5 Å². The first-order valence-electron chi connectivity index (χ1n) is 12.3. The number of amides is 1. The van der Waals surface area contributed by atoms with Gasteiger partial charge in [-0.25, -0.2) is 0 Å². The maximum atomic E-state index is 13.2. The van der Waals surface area contributed by atoms with Crippen LogP contribution in [0.25, 0.3) is 5.76 Å². The summed E-state index contributed by atoms with van der Waals surface area (Å²) in [5.41, 5.74) is 2.13. The lowest BCUT2D eigenvalue weighted by atomic mass is 9.95. The fourth-order valence-corrected chi connectivity index (χ4v) is 4.25. The quantitative estimate of drug-likeness (QED) is 0.223. The van der Waals surface area contributed by atoms with Gasteiger partial charge in [0.05, 0.1) is 24.8 Å². The Morgan fingerprint density at radius 1 is 0.892 bits per heavy atom. The van der Waals surface area contributed by atoms with E-state index in [0.29, 0.717) is 35.8 Å². The number of rotatable bonds is 11. The second kappa shape index (κ2) is 12.2. The van der Waals surface area contributed by atoms with E-state index in [0.717, 1.165) is 12.0 Å². The number of carbonyl (C=O) groups is 2. The van der Waals surface area contributed by atoms with Crippen LogP contribution in [-0.4, -0.2) is 48.6 Å². The minimum absolute atomic E-state index is 0.0311. The molecule has 1 amide bonds. The minimum atomic E-state index is -0.786. The Bertz CT molecular complexity index is 1250. The van der Waals surface area contributed by atoms with Crippen LogP contribution in [0, 0.1) is 0 Å². The molecule has 0 aliphatic carbocycles. The van der Waals surface area contributed by atoms with Crippen LogP contribution in [-0.2, 0) is 20.9 Å². The number of ether oxygens (including phenoxy) is 3. The zero-order chi connectivity index (χ0) is 26.2. The molecule has 1 atom stereocenters. The maximum Gasteiger partial charge on any atom is 0.295 e. The number of nitrogens with zero attached hydrogens (tertiary/aromatic N) is 1. The van der Waals surface area contributed by atoms with Gasteiger partial charge in [-0.1, -0.05) is 49.4 Å². The predicted molar refractivity (Wildman–Crippen MR) is 140 cm³/mol. The Morgan fingerprint density at radius 3 is 2.35 bits per heavy atom. The van der Waals surface area contributed by atoms with Crippen LogP contribution in [0.1, 0.15) is 36.1 Å². The molecule has 7 heteroatoms. The van der Waals surface area contributed by atoms with Crippen molar-refractivity contribution in [2.45, 2.75) is 26.0 Å². The van der Waals surface area contributed by atoms with Gasteiger partial charge in [0.25, 0.3) is 11.7 Å². The van der Waals surface area contributed by atoms with E-state index in [1.807, 2.05) is 55.5 Å². The molecule has 4 rings (SSSR count). The molecule has 192 valence electrons. The highest BCUT2D eigenvalue weighted by molar-refractivity contribution is 6.46. The molecule has 0 saturated carbocycles. The average Bonchev–Trinajstić information content (AvgIpc) is 3.19. The molecule has 1 saturated heterocycles. The minimum Gasteiger partial charge on any atom is -0.507 e. The number of benzene rings is 3. The van der Waals surface area contributed by atoms with E-state index in [-0.39, 0.29) is 24.5 Å². The average molecular weight is 502 g/mol. The zero-order valence-electron chi connectivity index (χ0n) is 21.1. The van der Waals surface area contributed by atoms with Crippen molar-refractivity contribution in [3.05, 3.63) is 101 Å². The van der Waals surface area contributed by atoms with Crippen molar-refractivity contribution in [1.29, 1.82) is 0 Å². The Balaban J connectivity index is 1.69. The third-order valence-corrected chi connectivity index (χ3v) is 6.10. The molecule has 3 aromatic carbocycles. The summed E-state index contributed by atoms with van der Waals surface area (Å²) < 4.78 is 16.8. The van der Waals surface area contributed by atoms with Gasteiger partial charge in [-0.15, -0.1) is 0 Å². The lowest BCUT2D eigenvalue weighted by Crippen LogP contribution is -2.32. The monoisotopic (exact) mass is 501 g/mol. The van der Waals surface area contributed by atoms with Crippen molar-refractivity contribution >= 4 is 17.4 Å². The molecule has 1 N–H and O–H groups in total. The molecule has 1 heterocycles. The van der Waals surface area contributed by atoms with Crippen LogP contribution in [0.5, 0.6) is 11.5 Å². The van der Waals surface area contributed by atoms with Crippen molar-refractivity contribution in [1.82, 2.24) is 4.90 Å². The summed E-state index contributed by atoms with van der Waals surface area (Å²) in [5.74, 6) is -0.390. The number of aliphatic hydroxyl groups excluding tert-OH is 1. The third-order valence-electron chi connectivity index (χ3n) is 6.10. The third kappa shape index (κ3) is 6.01. The Hall–Kier alpha value is -4.10. The van der Waals surface area contributed by atoms with Gasteiger partial charge in [-0.3, -0.25) is 9.59 Å². The number of aliphatic hydroxyl groups is 1. The summed E-state index contributed by atoms with van der Waals surface area (Å²) in [6.45, 7) is 3.42. The lowest BCUT2D eigenvalue weighted by molar-refractivity contribution is -0.140. The van der Waals surface area contributed by atoms with E-state index in [4.69, 9.17) is 14.2 Å². The van der Waals surface area contributed by atoms with Gasteiger partial charge in [0.15, 0.2) is 0 Å². The number of ketones is 1. The molecule has 0 radical (unpaired) electrons. The van der Waals surface area contributed by atoms with Gasteiger partial charge in [0.1, 0.15) is 23.9 Å². The fraction of sp³-hybridized carbons (Fsp3) is 0.267. The van der Waals surface area contributed by atoms with Crippen LogP contribution >= 0.6 is 0 Å². The summed E-state index contributed by atoms with van der Waals surface area (Å²) in [6, 6.07) is 23.1. The topological polar surface area (TPSA) is 85.3 Å². The van der Waals surface area contributed by atoms with E-state index in [9.17, 15) is 14.7 Å². The van der Waals surface area contributed by atoms with Crippen LogP contribution in [0.4, 0.5) is 0 Å². The van der Waals surface area contributed by atoms with Gasteiger partial charge in [0.2, 0.25) is 0 Å². The molecule has 7 nitrogen and oxygen atoms in total. The van der Waals surface area contributed by atoms with E-state index in [1.165, 1.54) is 12.0 Å². The number of likely N-dealkylation sites (tertiary alicyclic amines) is 1. The Kier molecular flexibility index (Phi) is 8.59. The van der Waals surface area contributed by atoms with Crippen molar-refractivity contribution in [2.75, 3.05) is 26.9 Å². The molecule has 3 aromatic rings. The molecule has 0 bridgehead atoms. The highest BCUT2D eigenvalue weighted by atomic mass is 16.5. The normalized spacial score (nSPS) is 16.7. The SMILES string of the molecule is CCCOc1ccc(C(O)=C2C(=O)C(=O)N(CCOC)C2c2cccc(OCc3ccccc3)c2)cc1. The molecule has 1 aliphatic rings. The van der Waals surface area contributed by atoms with Crippen LogP contribution in [0.15, 0.2) is 84.4 Å². The number of hydrogen-bond donors (Lipinski definition) is 1. The largest absolute Gasteiger partial charge is 0.507 e. The lowest BCUT2D eigenvalue weighted by Gasteiger charge is -2.25. The molecule has 1 aliphatic heterocycles. The molecule has 0 spiro atoms. The van der Waals surface area contributed by atoms with E-state index in [2.05, 4.69) is 0 Å². The first kappa shape index (κ1) is 26.0. The van der Waals surface area contributed by atoms with Crippen molar-refractivity contribution < 1.29 is 28.9 Å². The Morgan fingerprint density at radius 2 is 1.65 bits per heavy atom. The summed E-state index contributed by atoms with van der Waals surface area (Å²) in [4.78, 5) is 27.6. The van der Waals surface area contributed by atoms with Crippen LogP contribution in [0.2, 0.25) is 0 Å². The molecule has 0 aromatic heterocycles. The molecule has 1 unspecified atom stereocenters. The van der Waals surface area contributed by atoms with Gasteiger partial charge in [0, 0.05) is 19.2 Å². The first-order valence-corrected chi connectivity index (χ1v) is 12.3. The van der Waals surface area contributed by atoms with Crippen LogP contribution < -0.4 is 9.47 Å². The molecule has 1 fully saturated rings. The van der Waals surface area contributed by atoms with E-state index >= 15 is 0 Å². The van der Waals surface area contributed by atoms with Gasteiger partial charge >= 0.3 is 0 Å². The molecule has 37 heavy (non-hydrogen) atoms. The van der Waals surface area contributed by atoms with Gasteiger partial charge in [-0.2, -0.15) is 0 Å². The second-order valence-corrected chi connectivity index (χ2v) is 8.70. The number of hydrogen-bond acceptors (Lipinski definition) is 6. The number of carbonyl (C=O) groups excluding carboxylic acids is 2. The Labute approximate surface area is 216 Å². The second-order valence-electron chi connectivity index (χ2n) is 8.70. The molecular formula is C30H31NO6. The summed E-state index contributed by atoms with van der Waals surface area (Å²) >= 11 is 0. The van der Waals surface area contributed by atoms with Gasteiger partial charge in [-0.05, 0) is 53.9 Å². The number of methoxy groups -OCH3 is 1. The zero-order valence-corrected chi connectivity index (χ0v) is 21.1. The van der Waals surface area contributed by atoms with Gasteiger partial charge < -0.3 is 24.2 Å². The van der Waals surface area contributed by atoms with Crippen molar-refractivity contribution in [3.63, 3.8) is 0 Å². The smallest absolute Gasteiger partial charge is 0.295 e. The van der Waals surface area contributed by atoms with Crippen molar-refractivity contribution in [2.24, 2.45) is 0 Å². The van der Waals surface area contributed by atoms with E-state index < -0.39 is 17.7 Å². The molecular weight excluding hydrogens is 470 g/mol. The maximum absolute atomic E-state index is 13.2. The summed E-state index contributed by atoms with van der Waals surface area (Å²) in [7, 11) is 1.53. The standard InChI is InChI=1S/C30H31NO6/c1-3-17-36-24-14-12-22(13-15-24)28(32)26-27(31(16-18-35-2)30(34)29(26)33)23-10-7-11-25(19-23)37-20-21-8-5-4-6-9-21/h4-15,19,27,32H,3,16-18,20H2,1-2H3. The highest BCUT2D eigenvalue weighted by Gasteiger charge is 2.46. The first-order chi connectivity index (χ1) is 18.0. The van der Waals surface area contributed by atoms with Crippen LogP contribution in [0.3, 0.4) is 0 Å². The number of Topliss-reactive ketones (excluding diaryl/α,β-unsaturated/α-hetero) is 1. The fourth-order valence-electron chi connectivity index (χ4n) is 4.25. The predicted octanol–water partition coefficient (Wildman–Crippen LogP) is 5.12.